The van der Waals surface area contributed by atoms with Crippen LogP contribution in [0.25, 0.3) is 0 Å². The summed E-state index contributed by atoms with van der Waals surface area (Å²) in [6.45, 7) is 2.69. The molecule has 1 saturated heterocycles. The first kappa shape index (κ1) is 16.4. The second-order valence-corrected chi connectivity index (χ2v) is 7.78. The summed E-state index contributed by atoms with van der Waals surface area (Å²) in [7, 11) is -3.47. The van der Waals surface area contributed by atoms with Crippen molar-refractivity contribution in [2.24, 2.45) is 5.73 Å². The Morgan fingerprint density at radius 1 is 1.43 bits per heavy atom. The zero-order valence-electron chi connectivity index (χ0n) is 12.3. The predicted molar refractivity (Wildman–Crippen MR) is 88.8 cm³/mol. The Balaban J connectivity index is 2.35. The van der Waals surface area contributed by atoms with Gasteiger partial charge in [0.25, 0.3) is 0 Å². The lowest BCUT2D eigenvalue weighted by molar-refractivity contribution is 0.239. The van der Waals surface area contributed by atoms with Crippen molar-refractivity contribution in [2.75, 3.05) is 6.54 Å². The standard InChI is InChI=1S/C15H22N2O2S2/c1-2-6-13-8-3-4-10-17(13)21(18,19)14-9-5-7-12(11-14)15(16)20/h5,7,9,11,13H,2-4,6,8,10H2,1H3,(H2,16,20). The third-order valence-electron chi connectivity index (χ3n) is 3.92. The molecule has 2 N–H and O–H groups in total. The van der Waals surface area contributed by atoms with Crippen LogP contribution in [0.3, 0.4) is 0 Å². The van der Waals surface area contributed by atoms with E-state index in [-0.39, 0.29) is 15.9 Å². The van der Waals surface area contributed by atoms with Crippen molar-refractivity contribution in [2.45, 2.75) is 50.0 Å². The summed E-state index contributed by atoms with van der Waals surface area (Å²) in [5, 5.41) is 0. The van der Waals surface area contributed by atoms with Crippen molar-refractivity contribution in [3.05, 3.63) is 29.8 Å². The number of sulfonamides is 1. The second-order valence-electron chi connectivity index (χ2n) is 5.45. The second kappa shape index (κ2) is 6.85. The first-order valence-electron chi connectivity index (χ1n) is 7.38. The molecule has 1 unspecified atom stereocenters. The van der Waals surface area contributed by atoms with Crippen molar-refractivity contribution in [1.29, 1.82) is 0 Å². The van der Waals surface area contributed by atoms with Gasteiger partial charge in [0.2, 0.25) is 10.0 Å². The molecule has 1 aromatic carbocycles. The van der Waals surface area contributed by atoms with E-state index in [1.54, 1.807) is 28.6 Å². The lowest BCUT2D eigenvalue weighted by Crippen LogP contribution is -2.43. The molecule has 1 aromatic rings. The zero-order valence-corrected chi connectivity index (χ0v) is 13.9. The largest absolute Gasteiger partial charge is 0.389 e. The number of hydrogen-bond acceptors (Lipinski definition) is 3. The van der Waals surface area contributed by atoms with Crippen LogP contribution in [0.4, 0.5) is 0 Å². The number of thiocarbonyl (C=S) groups is 1. The summed E-state index contributed by atoms with van der Waals surface area (Å²) in [6.07, 6.45) is 4.87. The normalized spacial score (nSPS) is 20.3. The van der Waals surface area contributed by atoms with E-state index in [9.17, 15) is 8.42 Å². The number of benzene rings is 1. The third-order valence-corrected chi connectivity index (χ3v) is 6.10. The average molecular weight is 326 g/mol. The fourth-order valence-corrected chi connectivity index (χ4v) is 4.75. The number of nitrogens with two attached hydrogens (primary N) is 1. The molecular weight excluding hydrogens is 304 g/mol. The van der Waals surface area contributed by atoms with Crippen LogP contribution in [-0.4, -0.2) is 30.3 Å². The summed E-state index contributed by atoms with van der Waals surface area (Å²) < 4.78 is 27.4. The lowest BCUT2D eigenvalue weighted by Gasteiger charge is -2.34. The van der Waals surface area contributed by atoms with E-state index in [4.69, 9.17) is 18.0 Å². The first-order chi connectivity index (χ1) is 9.96. The van der Waals surface area contributed by atoms with Gasteiger partial charge in [-0.05, 0) is 31.4 Å². The van der Waals surface area contributed by atoms with Gasteiger partial charge < -0.3 is 5.73 Å². The van der Waals surface area contributed by atoms with Gasteiger partial charge in [0.15, 0.2) is 0 Å². The maximum atomic E-state index is 12.9. The highest BCUT2D eigenvalue weighted by atomic mass is 32.2. The van der Waals surface area contributed by atoms with E-state index in [0.29, 0.717) is 12.1 Å². The predicted octanol–water partition coefficient (Wildman–Crippen LogP) is 2.66. The van der Waals surface area contributed by atoms with Crippen molar-refractivity contribution >= 4 is 27.2 Å². The van der Waals surface area contributed by atoms with E-state index >= 15 is 0 Å². The molecule has 0 aliphatic carbocycles. The van der Waals surface area contributed by atoms with E-state index in [1.165, 1.54) is 0 Å². The lowest BCUT2D eigenvalue weighted by atomic mass is 10.0. The van der Waals surface area contributed by atoms with Crippen molar-refractivity contribution in [1.82, 2.24) is 4.31 Å². The molecule has 0 spiro atoms. The van der Waals surface area contributed by atoms with E-state index in [2.05, 4.69) is 6.92 Å². The van der Waals surface area contributed by atoms with Gasteiger partial charge in [0, 0.05) is 18.2 Å². The van der Waals surface area contributed by atoms with Crippen molar-refractivity contribution in [3.8, 4) is 0 Å². The topological polar surface area (TPSA) is 63.4 Å². The Hall–Kier alpha value is -0.980. The molecule has 6 heteroatoms. The van der Waals surface area contributed by atoms with Crippen LogP contribution in [0.1, 0.15) is 44.6 Å². The Morgan fingerprint density at radius 3 is 2.86 bits per heavy atom. The summed E-state index contributed by atoms with van der Waals surface area (Å²) in [6, 6.07) is 6.74. The number of nitrogens with zero attached hydrogens (tertiary/aromatic N) is 1. The van der Waals surface area contributed by atoms with Gasteiger partial charge in [-0.1, -0.05) is 44.1 Å². The van der Waals surface area contributed by atoms with Gasteiger partial charge in [-0.15, -0.1) is 0 Å². The molecule has 1 heterocycles. The SMILES string of the molecule is CCCC1CCCCN1S(=O)(=O)c1cccc(C(N)=S)c1. The molecular formula is C15H22N2O2S2. The molecule has 0 radical (unpaired) electrons. The Morgan fingerprint density at radius 2 is 2.19 bits per heavy atom. The smallest absolute Gasteiger partial charge is 0.243 e. The van der Waals surface area contributed by atoms with E-state index < -0.39 is 10.0 Å². The molecule has 0 saturated carbocycles. The molecule has 4 nitrogen and oxygen atoms in total. The van der Waals surface area contributed by atoms with Gasteiger partial charge in [0.1, 0.15) is 4.99 Å². The van der Waals surface area contributed by atoms with Gasteiger partial charge in [-0.2, -0.15) is 4.31 Å². The van der Waals surface area contributed by atoms with Crippen molar-refractivity contribution < 1.29 is 8.42 Å². The molecule has 2 rings (SSSR count). The number of rotatable bonds is 5. The van der Waals surface area contributed by atoms with Crippen LogP contribution in [0.5, 0.6) is 0 Å². The molecule has 1 aliphatic heterocycles. The molecule has 0 bridgehead atoms. The monoisotopic (exact) mass is 326 g/mol. The van der Waals surface area contributed by atoms with Crippen LogP contribution < -0.4 is 5.73 Å². The number of piperidine rings is 1. The van der Waals surface area contributed by atoms with Crippen LogP contribution >= 0.6 is 12.2 Å². The highest BCUT2D eigenvalue weighted by Crippen LogP contribution is 2.28. The maximum absolute atomic E-state index is 12.9. The molecule has 0 amide bonds. The summed E-state index contributed by atoms with van der Waals surface area (Å²) in [4.78, 5) is 0.506. The summed E-state index contributed by atoms with van der Waals surface area (Å²) in [5.41, 5.74) is 6.20. The minimum Gasteiger partial charge on any atom is -0.389 e. The van der Waals surface area contributed by atoms with Crippen LogP contribution in [0.15, 0.2) is 29.2 Å². The van der Waals surface area contributed by atoms with Crippen LogP contribution in [-0.2, 0) is 10.0 Å². The Labute approximate surface area is 132 Å². The molecule has 1 fully saturated rings. The van der Waals surface area contributed by atoms with Gasteiger partial charge in [-0.25, -0.2) is 8.42 Å². The summed E-state index contributed by atoms with van der Waals surface area (Å²) in [5.74, 6) is 0. The van der Waals surface area contributed by atoms with Crippen LogP contribution in [0.2, 0.25) is 0 Å². The van der Waals surface area contributed by atoms with Gasteiger partial charge in [0.05, 0.1) is 4.90 Å². The first-order valence-corrected chi connectivity index (χ1v) is 9.23. The maximum Gasteiger partial charge on any atom is 0.243 e. The summed E-state index contributed by atoms with van der Waals surface area (Å²) >= 11 is 4.94. The van der Waals surface area contributed by atoms with E-state index in [0.717, 1.165) is 32.1 Å². The van der Waals surface area contributed by atoms with E-state index in [1.807, 2.05) is 0 Å². The molecule has 116 valence electrons. The van der Waals surface area contributed by atoms with Crippen molar-refractivity contribution in [3.63, 3.8) is 0 Å². The van der Waals surface area contributed by atoms with Gasteiger partial charge >= 0.3 is 0 Å². The Kier molecular flexibility index (Phi) is 5.35. The highest BCUT2D eigenvalue weighted by molar-refractivity contribution is 7.89. The Bertz CT molecular complexity index is 612. The molecule has 1 atom stereocenters. The molecule has 1 aliphatic rings. The highest BCUT2D eigenvalue weighted by Gasteiger charge is 2.32. The zero-order chi connectivity index (χ0) is 15.5. The minimum atomic E-state index is -3.47. The van der Waals surface area contributed by atoms with Gasteiger partial charge in [-0.3, -0.25) is 0 Å². The number of hydrogen-bond donors (Lipinski definition) is 1. The fraction of sp³-hybridized carbons (Fsp3) is 0.533. The average Bonchev–Trinajstić information content (AvgIpc) is 2.48. The molecule has 0 aromatic heterocycles. The minimum absolute atomic E-state index is 0.113. The molecule has 21 heavy (non-hydrogen) atoms. The quantitative estimate of drug-likeness (QED) is 0.845. The van der Waals surface area contributed by atoms with Crippen LogP contribution in [0, 0.1) is 0 Å². The fourth-order valence-electron chi connectivity index (χ4n) is 2.86. The third kappa shape index (κ3) is 3.62.